The number of hydrogen-bond acceptors (Lipinski definition) is 5. The maximum absolute atomic E-state index is 13.0. The van der Waals surface area contributed by atoms with Crippen LogP contribution in [0.1, 0.15) is 36.6 Å². The zero-order chi connectivity index (χ0) is 22.3. The second kappa shape index (κ2) is 9.53. The fraction of sp³-hybridized carbons (Fsp3) is 0. The van der Waals surface area contributed by atoms with Gasteiger partial charge in [-0.2, -0.15) is 0 Å². The van der Waals surface area contributed by atoms with Gasteiger partial charge in [-0.3, -0.25) is 4.79 Å². The average Bonchev–Trinajstić information content (AvgIpc) is 2.85. The number of ether oxygens (including phenoxy) is 2. The summed E-state index contributed by atoms with van der Waals surface area (Å²) in [5.74, 6) is -1.35. The van der Waals surface area contributed by atoms with Crippen molar-refractivity contribution in [3.05, 3.63) is 131 Å². The standard InChI is InChI=1S/C27H18O5/c28-25(19-10-4-1-5-11-19)23-17-16-22(31-26(29)20-12-6-2-7-13-20)18-24(23)32-27(30)21-14-8-3-9-15-21/h1-18H. The normalized spacial score (nSPS) is 10.2. The Balaban J connectivity index is 1.67. The Morgan fingerprint density at radius 3 is 1.50 bits per heavy atom. The van der Waals surface area contributed by atoms with E-state index in [0.29, 0.717) is 16.7 Å². The number of rotatable bonds is 6. The first-order valence-electron chi connectivity index (χ1n) is 9.90. The van der Waals surface area contributed by atoms with Crippen molar-refractivity contribution in [2.24, 2.45) is 0 Å². The van der Waals surface area contributed by atoms with Crippen LogP contribution in [-0.4, -0.2) is 17.7 Å². The second-order valence-corrected chi connectivity index (χ2v) is 6.86. The van der Waals surface area contributed by atoms with E-state index in [9.17, 15) is 14.4 Å². The Hall–Kier alpha value is -4.51. The molecule has 0 aliphatic carbocycles. The minimum absolute atomic E-state index is 0.00562. The van der Waals surface area contributed by atoms with Gasteiger partial charge in [-0.25, -0.2) is 9.59 Å². The fourth-order valence-corrected chi connectivity index (χ4v) is 3.06. The van der Waals surface area contributed by atoms with Crippen LogP contribution in [0, 0.1) is 0 Å². The van der Waals surface area contributed by atoms with E-state index in [1.54, 1.807) is 91.0 Å². The number of ketones is 1. The van der Waals surface area contributed by atoms with Gasteiger partial charge >= 0.3 is 11.9 Å². The summed E-state index contributed by atoms with van der Waals surface area (Å²) in [4.78, 5) is 38.1. The van der Waals surface area contributed by atoms with Crippen LogP contribution in [0.5, 0.6) is 11.5 Å². The molecule has 0 aliphatic heterocycles. The highest BCUT2D eigenvalue weighted by molar-refractivity contribution is 6.11. The summed E-state index contributed by atoms with van der Waals surface area (Å²) in [7, 11) is 0. The highest BCUT2D eigenvalue weighted by Crippen LogP contribution is 2.28. The lowest BCUT2D eigenvalue weighted by Gasteiger charge is -2.12. The first-order chi connectivity index (χ1) is 15.6. The van der Waals surface area contributed by atoms with Crippen LogP contribution in [0.25, 0.3) is 0 Å². The SMILES string of the molecule is O=C(Oc1ccc(C(=O)c2ccccc2)c(OC(=O)c2ccccc2)c1)c1ccccc1. The van der Waals surface area contributed by atoms with Gasteiger partial charge in [0.25, 0.3) is 0 Å². The quantitative estimate of drug-likeness (QED) is 0.238. The van der Waals surface area contributed by atoms with E-state index in [1.165, 1.54) is 18.2 Å². The molecule has 0 unspecified atom stereocenters. The Morgan fingerprint density at radius 2 is 0.969 bits per heavy atom. The van der Waals surface area contributed by atoms with Crippen LogP contribution in [-0.2, 0) is 0 Å². The smallest absolute Gasteiger partial charge is 0.343 e. The summed E-state index contributed by atoms with van der Waals surface area (Å²) in [6.07, 6.45) is 0. The molecule has 4 aromatic carbocycles. The van der Waals surface area contributed by atoms with E-state index in [1.807, 2.05) is 0 Å². The lowest BCUT2D eigenvalue weighted by Crippen LogP contribution is -2.13. The van der Waals surface area contributed by atoms with Gasteiger partial charge in [0, 0.05) is 11.6 Å². The first-order valence-corrected chi connectivity index (χ1v) is 9.90. The van der Waals surface area contributed by atoms with Crippen LogP contribution in [0.15, 0.2) is 109 Å². The molecule has 0 saturated heterocycles. The molecule has 0 N–H and O–H groups in total. The van der Waals surface area contributed by atoms with Crippen molar-refractivity contribution >= 4 is 17.7 Å². The van der Waals surface area contributed by atoms with Crippen molar-refractivity contribution in [3.63, 3.8) is 0 Å². The lowest BCUT2D eigenvalue weighted by molar-refractivity contribution is 0.0732. The third-order valence-electron chi connectivity index (χ3n) is 4.67. The van der Waals surface area contributed by atoms with Crippen molar-refractivity contribution in [3.8, 4) is 11.5 Å². The van der Waals surface area contributed by atoms with Crippen molar-refractivity contribution in [2.45, 2.75) is 0 Å². The van der Waals surface area contributed by atoms with Crippen LogP contribution < -0.4 is 9.47 Å². The van der Waals surface area contributed by atoms with Gasteiger partial charge < -0.3 is 9.47 Å². The van der Waals surface area contributed by atoms with Gasteiger partial charge in [0.05, 0.1) is 16.7 Å². The molecule has 4 rings (SSSR count). The third kappa shape index (κ3) is 4.79. The number of carbonyl (C=O) groups is 3. The molecular weight excluding hydrogens is 404 g/mol. The second-order valence-electron chi connectivity index (χ2n) is 6.86. The van der Waals surface area contributed by atoms with E-state index >= 15 is 0 Å². The molecule has 0 aliphatic rings. The average molecular weight is 422 g/mol. The molecule has 5 nitrogen and oxygen atoms in total. The van der Waals surface area contributed by atoms with Crippen molar-refractivity contribution in [1.29, 1.82) is 0 Å². The maximum Gasteiger partial charge on any atom is 0.343 e. The summed E-state index contributed by atoms with van der Waals surface area (Å²) in [5.41, 5.74) is 1.33. The molecular formula is C27H18O5. The van der Waals surface area contributed by atoms with Gasteiger partial charge in [-0.15, -0.1) is 0 Å². The van der Waals surface area contributed by atoms with Crippen LogP contribution in [0.3, 0.4) is 0 Å². The monoisotopic (exact) mass is 422 g/mol. The summed E-state index contributed by atoms with van der Waals surface area (Å²) < 4.78 is 11.0. The van der Waals surface area contributed by atoms with Gasteiger partial charge in [-0.1, -0.05) is 66.7 Å². The maximum atomic E-state index is 13.0. The third-order valence-corrected chi connectivity index (χ3v) is 4.67. The number of benzene rings is 4. The van der Waals surface area contributed by atoms with Crippen LogP contribution in [0.4, 0.5) is 0 Å². The molecule has 0 fully saturated rings. The molecule has 0 saturated carbocycles. The van der Waals surface area contributed by atoms with E-state index < -0.39 is 11.9 Å². The predicted octanol–water partition coefficient (Wildman–Crippen LogP) is 5.36. The summed E-state index contributed by atoms with van der Waals surface area (Å²) >= 11 is 0. The topological polar surface area (TPSA) is 69.7 Å². The molecule has 5 heteroatoms. The molecule has 0 bridgehead atoms. The largest absolute Gasteiger partial charge is 0.423 e. The van der Waals surface area contributed by atoms with Crippen LogP contribution >= 0.6 is 0 Å². The zero-order valence-corrected chi connectivity index (χ0v) is 16.9. The van der Waals surface area contributed by atoms with E-state index in [-0.39, 0.29) is 22.8 Å². The Morgan fingerprint density at radius 1 is 0.500 bits per heavy atom. The number of esters is 2. The van der Waals surface area contributed by atoms with Crippen molar-refractivity contribution < 1.29 is 23.9 Å². The zero-order valence-electron chi connectivity index (χ0n) is 16.9. The Kier molecular flexibility index (Phi) is 6.18. The van der Waals surface area contributed by atoms with E-state index in [0.717, 1.165) is 0 Å². The van der Waals surface area contributed by atoms with Crippen molar-refractivity contribution in [2.75, 3.05) is 0 Å². The molecule has 32 heavy (non-hydrogen) atoms. The first kappa shape index (κ1) is 20.8. The van der Waals surface area contributed by atoms with Crippen LogP contribution in [0.2, 0.25) is 0 Å². The molecule has 0 aromatic heterocycles. The highest BCUT2D eigenvalue weighted by Gasteiger charge is 2.20. The molecule has 0 heterocycles. The molecule has 0 spiro atoms. The molecule has 0 radical (unpaired) electrons. The number of carbonyl (C=O) groups excluding carboxylic acids is 3. The van der Waals surface area contributed by atoms with Gasteiger partial charge in [0.2, 0.25) is 0 Å². The highest BCUT2D eigenvalue weighted by atomic mass is 16.5. The minimum atomic E-state index is -0.626. The summed E-state index contributed by atoms with van der Waals surface area (Å²) in [6.45, 7) is 0. The molecule has 0 atom stereocenters. The molecule has 4 aromatic rings. The summed E-state index contributed by atoms with van der Waals surface area (Å²) in [6, 6.07) is 29.9. The lowest BCUT2D eigenvalue weighted by atomic mass is 10.0. The molecule has 0 amide bonds. The molecule has 156 valence electrons. The Bertz CT molecular complexity index is 1250. The predicted molar refractivity (Wildman–Crippen MR) is 119 cm³/mol. The minimum Gasteiger partial charge on any atom is -0.423 e. The number of hydrogen-bond donors (Lipinski definition) is 0. The van der Waals surface area contributed by atoms with Crippen molar-refractivity contribution in [1.82, 2.24) is 0 Å². The van der Waals surface area contributed by atoms with E-state index in [2.05, 4.69) is 0 Å². The Labute approximate surface area is 184 Å². The van der Waals surface area contributed by atoms with Gasteiger partial charge in [0.1, 0.15) is 11.5 Å². The van der Waals surface area contributed by atoms with Gasteiger partial charge in [-0.05, 0) is 36.4 Å². The van der Waals surface area contributed by atoms with Gasteiger partial charge in [0.15, 0.2) is 5.78 Å². The van der Waals surface area contributed by atoms with E-state index in [4.69, 9.17) is 9.47 Å². The summed E-state index contributed by atoms with van der Waals surface area (Å²) in [5, 5.41) is 0. The fourth-order valence-electron chi connectivity index (χ4n) is 3.06.